The Hall–Kier alpha value is -0.870. The third kappa shape index (κ3) is 3.56. The van der Waals surface area contributed by atoms with Crippen molar-refractivity contribution in [3.05, 3.63) is 17.5 Å². The highest BCUT2D eigenvalue weighted by Crippen LogP contribution is 2.23. The molecule has 0 spiro atoms. The molecule has 1 saturated heterocycles. The Morgan fingerprint density at radius 3 is 3.06 bits per heavy atom. The molecule has 2 unspecified atom stereocenters. The first-order chi connectivity index (χ1) is 8.69. The van der Waals surface area contributed by atoms with Crippen LogP contribution in [0.4, 0.5) is 0 Å². The van der Waals surface area contributed by atoms with Gasteiger partial charge in [0.1, 0.15) is 0 Å². The first kappa shape index (κ1) is 13.6. The van der Waals surface area contributed by atoms with E-state index in [1.54, 1.807) is 0 Å². The third-order valence-corrected chi connectivity index (χ3v) is 3.80. The van der Waals surface area contributed by atoms with E-state index >= 15 is 0 Å². The lowest BCUT2D eigenvalue weighted by molar-refractivity contribution is 0.110. The highest BCUT2D eigenvalue weighted by molar-refractivity contribution is 5.05. The minimum atomic E-state index is 0.649. The van der Waals surface area contributed by atoms with Crippen LogP contribution in [0.1, 0.15) is 45.1 Å². The standard InChI is InChI=1S/C14H25N3O/c1-4-15-9-13-8-14(18-16-13)10-17-6-5-11(2)7-12(17)3/h8,11-12,15H,4-7,9-10H2,1-3H3. The van der Waals surface area contributed by atoms with Crippen LogP contribution in [0.3, 0.4) is 0 Å². The molecule has 1 aromatic heterocycles. The Kier molecular flexibility index (Phi) is 4.78. The van der Waals surface area contributed by atoms with E-state index in [-0.39, 0.29) is 0 Å². The summed E-state index contributed by atoms with van der Waals surface area (Å²) in [7, 11) is 0. The van der Waals surface area contributed by atoms with Crippen molar-refractivity contribution < 1.29 is 4.52 Å². The van der Waals surface area contributed by atoms with E-state index in [2.05, 4.69) is 42.2 Å². The number of piperidine rings is 1. The van der Waals surface area contributed by atoms with Crippen LogP contribution in [0.2, 0.25) is 0 Å². The van der Waals surface area contributed by atoms with Gasteiger partial charge in [0.15, 0.2) is 5.76 Å². The van der Waals surface area contributed by atoms with Crippen molar-refractivity contribution in [2.75, 3.05) is 13.1 Å². The molecule has 1 fully saturated rings. The van der Waals surface area contributed by atoms with Crippen molar-refractivity contribution in [1.29, 1.82) is 0 Å². The average molecular weight is 251 g/mol. The lowest BCUT2D eigenvalue weighted by Crippen LogP contribution is -2.39. The zero-order valence-corrected chi connectivity index (χ0v) is 11.8. The molecule has 0 amide bonds. The fourth-order valence-electron chi connectivity index (χ4n) is 2.66. The van der Waals surface area contributed by atoms with Crippen molar-refractivity contribution in [2.45, 2.75) is 52.7 Å². The molecule has 1 aromatic rings. The lowest BCUT2D eigenvalue weighted by atomic mass is 9.93. The highest BCUT2D eigenvalue weighted by atomic mass is 16.5. The van der Waals surface area contributed by atoms with Gasteiger partial charge >= 0.3 is 0 Å². The highest BCUT2D eigenvalue weighted by Gasteiger charge is 2.23. The molecule has 2 atom stereocenters. The zero-order valence-electron chi connectivity index (χ0n) is 11.8. The van der Waals surface area contributed by atoms with Gasteiger partial charge in [-0.15, -0.1) is 0 Å². The van der Waals surface area contributed by atoms with Crippen LogP contribution in [-0.4, -0.2) is 29.2 Å². The second-order valence-electron chi connectivity index (χ2n) is 5.51. The summed E-state index contributed by atoms with van der Waals surface area (Å²) in [5, 5.41) is 7.36. The molecule has 2 rings (SSSR count). The molecule has 0 aromatic carbocycles. The van der Waals surface area contributed by atoms with Crippen LogP contribution in [0.25, 0.3) is 0 Å². The van der Waals surface area contributed by atoms with E-state index in [1.165, 1.54) is 19.4 Å². The van der Waals surface area contributed by atoms with Gasteiger partial charge in [-0.3, -0.25) is 4.90 Å². The Labute approximate surface area is 110 Å². The Bertz CT molecular complexity index is 364. The second kappa shape index (κ2) is 6.34. The van der Waals surface area contributed by atoms with E-state index in [4.69, 9.17) is 4.52 Å². The molecule has 4 heteroatoms. The second-order valence-corrected chi connectivity index (χ2v) is 5.51. The molecule has 0 radical (unpaired) electrons. The summed E-state index contributed by atoms with van der Waals surface area (Å²) >= 11 is 0. The maximum Gasteiger partial charge on any atom is 0.151 e. The topological polar surface area (TPSA) is 41.3 Å². The van der Waals surface area contributed by atoms with Crippen molar-refractivity contribution in [1.82, 2.24) is 15.4 Å². The fourth-order valence-corrected chi connectivity index (χ4v) is 2.66. The molecular weight excluding hydrogens is 226 g/mol. The molecule has 1 N–H and O–H groups in total. The van der Waals surface area contributed by atoms with Gasteiger partial charge in [-0.25, -0.2) is 0 Å². The smallest absolute Gasteiger partial charge is 0.151 e. The summed E-state index contributed by atoms with van der Waals surface area (Å²) in [6.07, 6.45) is 2.58. The van der Waals surface area contributed by atoms with Crippen molar-refractivity contribution >= 4 is 0 Å². The molecule has 0 aliphatic carbocycles. The zero-order chi connectivity index (χ0) is 13.0. The van der Waals surface area contributed by atoms with Gasteiger partial charge in [-0.1, -0.05) is 19.0 Å². The summed E-state index contributed by atoms with van der Waals surface area (Å²) < 4.78 is 5.41. The number of hydrogen-bond donors (Lipinski definition) is 1. The van der Waals surface area contributed by atoms with Gasteiger partial charge in [-0.05, 0) is 38.8 Å². The van der Waals surface area contributed by atoms with Crippen molar-refractivity contribution in [2.24, 2.45) is 5.92 Å². The SMILES string of the molecule is CCNCc1cc(CN2CCC(C)CC2C)on1. The number of likely N-dealkylation sites (tertiary alicyclic amines) is 1. The number of nitrogens with one attached hydrogen (secondary N) is 1. The third-order valence-electron chi connectivity index (χ3n) is 3.80. The Morgan fingerprint density at radius 2 is 2.33 bits per heavy atom. The molecule has 102 valence electrons. The molecule has 4 nitrogen and oxygen atoms in total. The van der Waals surface area contributed by atoms with Gasteiger partial charge < -0.3 is 9.84 Å². The van der Waals surface area contributed by atoms with E-state index in [0.717, 1.165) is 37.0 Å². The molecule has 1 aliphatic heterocycles. The number of rotatable bonds is 5. The number of aromatic nitrogens is 1. The van der Waals surface area contributed by atoms with E-state index < -0.39 is 0 Å². The quantitative estimate of drug-likeness (QED) is 0.872. The largest absolute Gasteiger partial charge is 0.360 e. The number of nitrogens with zero attached hydrogens (tertiary/aromatic N) is 2. The van der Waals surface area contributed by atoms with Gasteiger partial charge in [0.05, 0.1) is 12.2 Å². The molecule has 1 aliphatic rings. The van der Waals surface area contributed by atoms with Gasteiger partial charge in [0.25, 0.3) is 0 Å². The molecule has 18 heavy (non-hydrogen) atoms. The maximum absolute atomic E-state index is 5.41. The summed E-state index contributed by atoms with van der Waals surface area (Å²) in [4.78, 5) is 2.50. The Morgan fingerprint density at radius 1 is 1.50 bits per heavy atom. The summed E-state index contributed by atoms with van der Waals surface area (Å²) in [6.45, 7) is 10.6. The fraction of sp³-hybridized carbons (Fsp3) is 0.786. The molecule has 0 saturated carbocycles. The minimum absolute atomic E-state index is 0.649. The van der Waals surface area contributed by atoms with Gasteiger partial charge in [0.2, 0.25) is 0 Å². The summed E-state index contributed by atoms with van der Waals surface area (Å²) in [6, 6.07) is 2.73. The van der Waals surface area contributed by atoms with Gasteiger partial charge in [-0.2, -0.15) is 0 Å². The predicted octanol–water partition coefficient (Wildman–Crippen LogP) is 2.40. The van der Waals surface area contributed by atoms with Crippen molar-refractivity contribution in [3.63, 3.8) is 0 Å². The summed E-state index contributed by atoms with van der Waals surface area (Å²) in [5.74, 6) is 1.85. The minimum Gasteiger partial charge on any atom is -0.360 e. The van der Waals surface area contributed by atoms with Crippen LogP contribution in [0, 0.1) is 5.92 Å². The normalized spacial score (nSPS) is 25.5. The van der Waals surface area contributed by atoms with Crippen molar-refractivity contribution in [3.8, 4) is 0 Å². The first-order valence-corrected chi connectivity index (χ1v) is 7.08. The molecule has 0 bridgehead atoms. The van der Waals surface area contributed by atoms with Crippen LogP contribution in [-0.2, 0) is 13.1 Å². The summed E-state index contributed by atoms with van der Waals surface area (Å²) in [5.41, 5.74) is 1.00. The van der Waals surface area contributed by atoms with Gasteiger partial charge in [0, 0.05) is 18.7 Å². The predicted molar refractivity (Wildman–Crippen MR) is 72.2 cm³/mol. The average Bonchev–Trinajstić information content (AvgIpc) is 2.78. The first-order valence-electron chi connectivity index (χ1n) is 7.08. The van der Waals surface area contributed by atoms with Crippen LogP contribution >= 0.6 is 0 Å². The van der Waals surface area contributed by atoms with Crippen LogP contribution in [0.5, 0.6) is 0 Å². The molecule has 2 heterocycles. The van der Waals surface area contributed by atoms with E-state index in [0.29, 0.717) is 6.04 Å². The van der Waals surface area contributed by atoms with E-state index in [9.17, 15) is 0 Å². The monoisotopic (exact) mass is 251 g/mol. The lowest BCUT2D eigenvalue weighted by Gasteiger charge is -2.35. The molecular formula is C14H25N3O. The maximum atomic E-state index is 5.41. The van der Waals surface area contributed by atoms with Crippen LogP contribution in [0.15, 0.2) is 10.6 Å². The van der Waals surface area contributed by atoms with Crippen LogP contribution < -0.4 is 5.32 Å². The van der Waals surface area contributed by atoms with E-state index in [1.807, 2.05) is 0 Å². The number of hydrogen-bond acceptors (Lipinski definition) is 4. The Balaban J connectivity index is 1.87.